The van der Waals surface area contributed by atoms with Crippen LogP contribution in [0.5, 0.6) is 0 Å². The summed E-state index contributed by atoms with van der Waals surface area (Å²) in [5.41, 5.74) is 7.48. The van der Waals surface area contributed by atoms with E-state index in [2.05, 4.69) is 4.72 Å². The van der Waals surface area contributed by atoms with Crippen molar-refractivity contribution in [3.8, 4) is 0 Å². The molecule has 0 bridgehead atoms. The molecule has 20 heavy (non-hydrogen) atoms. The van der Waals surface area contributed by atoms with Gasteiger partial charge >= 0.3 is 0 Å². The summed E-state index contributed by atoms with van der Waals surface area (Å²) in [6.07, 6.45) is -0.420. The van der Waals surface area contributed by atoms with E-state index in [1.807, 2.05) is 6.92 Å². The molecule has 0 amide bonds. The Morgan fingerprint density at radius 2 is 2.05 bits per heavy atom. The highest BCUT2D eigenvalue weighted by molar-refractivity contribution is 7.89. The first kappa shape index (κ1) is 16.9. The Morgan fingerprint density at radius 1 is 1.40 bits per heavy atom. The second-order valence-electron chi connectivity index (χ2n) is 4.72. The highest BCUT2D eigenvalue weighted by Crippen LogP contribution is 2.24. The summed E-state index contributed by atoms with van der Waals surface area (Å²) < 4.78 is 31.8. The van der Waals surface area contributed by atoms with Crippen LogP contribution in [-0.4, -0.2) is 39.9 Å². The van der Waals surface area contributed by atoms with Gasteiger partial charge in [0, 0.05) is 13.7 Å². The second-order valence-corrected chi connectivity index (χ2v) is 6.43. The molecule has 0 saturated carbocycles. The lowest BCUT2D eigenvalue weighted by Gasteiger charge is -2.14. The first-order valence-electron chi connectivity index (χ1n) is 6.32. The normalized spacial score (nSPS) is 13.4. The van der Waals surface area contributed by atoms with Gasteiger partial charge in [-0.15, -0.1) is 0 Å². The molecule has 114 valence electrons. The van der Waals surface area contributed by atoms with Crippen molar-refractivity contribution in [2.24, 2.45) is 0 Å². The molecule has 0 heterocycles. The third kappa shape index (κ3) is 4.17. The van der Waals surface area contributed by atoms with E-state index >= 15 is 0 Å². The maximum Gasteiger partial charge on any atom is 0.242 e. The molecule has 1 atom stereocenters. The molecule has 6 nitrogen and oxygen atoms in total. The number of hydrogen-bond acceptors (Lipinski definition) is 5. The quantitative estimate of drug-likeness (QED) is 0.639. The Kier molecular flexibility index (Phi) is 5.94. The first-order chi connectivity index (χ1) is 9.29. The van der Waals surface area contributed by atoms with Crippen molar-refractivity contribution in [3.05, 3.63) is 23.3 Å². The molecule has 1 aromatic carbocycles. The van der Waals surface area contributed by atoms with Gasteiger partial charge in [0.05, 0.1) is 18.4 Å². The molecule has 0 radical (unpaired) electrons. The maximum absolute atomic E-state index is 12.3. The molecule has 4 N–H and O–H groups in total. The third-order valence-electron chi connectivity index (χ3n) is 3.10. The smallest absolute Gasteiger partial charge is 0.242 e. The molecule has 0 aliphatic heterocycles. The minimum absolute atomic E-state index is 0.110. The maximum atomic E-state index is 12.3. The van der Waals surface area contributed by atoms with Gasteiger partial charge < -0.3 is 15.6 Å². The Hall–Kier alpha value is -1.15. The summed E-state index contributed by atoms with van der Waals surface area (Å²) in [7, 11) is -2.21. The average molecular weight is 302 g/mol. The average Bonchev–Trinajstić information content (AvgIpc) is 2.34. The molecule has 0 saturated heterocycles. The van der Waals surface area contributed by atoms with Gasteiger partial charge in [-0.05, 0) is 37.5 Å². The number of anilines is 1. The fourth-order valence-corrected chi connectivity index (χ4v) is 3.35. The van der Waals surface area contributed by atoms with Crippen LogP contribution in [0.1, 0.15) is 17.5 Å². The molecule has 1 rings (SSSR count). The molecule has 1 unspecified atom stereocenters. The van der Waals surface area contributed by atoms with Crippen molar-refractivity contribution in [2.45, 2.75) is 31.3 Å². The number of sulfonamides is 1. The lowest BCUT2D eigenvalue weighted by atomic mass is 10.1. The van der Waals surface area contributed by atoms with E-state index in [0.29, 0.717) is 5.56 Å². The fourth-order valence-electron chi connectivity index (χ4n) is 1.88. The standard InChI is InChI=1S/C13H22N2O4S/c1-9-4-5-12(14)13(10(9)2)20(17,18)15-7-6-11(16)8-19-3/h4-5,11,15-16H,6-8,14H2,1-3H3. The second kappa shape index (κ2) is 7.03. The van der Waals surface area contributed by atoms with E-state index in [0.717, 1.165) is 5.56 Å². The van der Waals surface area contributed by atoms with Crippen LogP contribution in [-0.2, 0) is 14.8 Å². The van der Waals surface area contributed by atoms with Crippen molar-refractivity contribution in [1.82, 2.24) is 4.72 Å². The predicted molar refractivity (Wildman–Crippen MR) is 78.0 cm³/mol. The van der Waals surface area contributed by atoms with Crippen LogP contribution in [0.25, 0.3) is 0 Å². The van der Waals surface area contributed by atoms with Crippen molar-refractivity contribution >= 4 is 15.7 Å². The molecule has 0 aliphatic carbocycles. The minimum atomic E-state index is -3.68. The van der Waals surface area contributed by atoms with Gasteiger partial charge in [-0.25, -0.2) is 13.1 Å². The number of nitrogens with two attached hydrogens (primary N) is 1. The minimum Gasteiger partial charge on any atom is -0.398 e. The number of ether oxygens (including phenoxy) is 1. The summed E-state index contributed by atoms with van der Waals surface area (Å²) >= 11 is 0. The zero-order chi connectivity index (χ0) is 15.3. The number of methoxy groups -OCH3 is 1. The Balaban J connectivity index is 2.83. The largest absolute Gasteiger partial charge is 0.398 e. The first-order valence-corrected chi connectivity index (χ1v) is 7.80. The van der Waals surface area contributed by atoms with Crippen molar-refractivity contribution in [3.63, 3.8) is 0 Å². The van der Waals surface area contributed by atoms with Gasteiger partial charge in [-0.1, -0.05) is 6.07 Å². The van der Waals surface area contributed by atoms with Crippen molar-refractivity contribution in [1.29, 1.82) is 0 Å². The van der Waals surface area contributed by atoms with Crippen LogP contribution in [0.3, 0.4) is 0 Å². The lowest BCUT2D eigenvalue weighted by Crippen LogP contribution is -2.29. The van der Waals surface area contributed by atoms with Crippen molar-refractivity contribution < 1.29 is 18.3 Å². The van der Waals surface area contributed by atoms with E-state index in [1.54, 1.807) is 19.1 Å². The van der Waals surface area contributed by atoms with Crippen LogP contribution in [0.2, 0.25) is 0 Å². The van der Waals surface area contributed by atoms with Crippen LogP contribution in [0.4, 0.5) is 5.69 Å². The third-order valence-corrected chi connectivity index (χ3v) is 4.77. The molecule has 7 heteroatoms. The summed E-state index contributed by atoms with van der Waals surface area (Å²) in [5, 5.41) is 9.49. The molecular weight excluding hydrogens is 280 g/mol. The summed E-state index contributed by atoms with van der Waals surface area (Å²) in [6.45, 7) is 3.85. The number of rotatable bonds is 7. The van der Waals surface area contributed by atoms with Gasteiger partial charge in [0.1, 0.15) is 4.90 Å². The number of aliphatic hydroxyl groups is 1. The molecule has 0 spiro atoms. The van der Waals surface area contributed by atoms with Crippen LogP contribution < -0.4 is 10.5 Å². The number of nitrogens with one attached hydrogen (secondary N) is 1. The molecule has 1 aromatic rings. The molecular formula is C13H22N2O4S. The van der Waals surface area contributed by atoms with Gasteiger partial charge in [0.15, 0.2) is 0 Å². The Labute approximate surface area is 120 Å². The van der Waals surface area contributed by atoms with Gasteiger partial charge in [0.2, 0.25) is 10.0 Å². The topological polar surface area (TPSA) is 102 Å². The molecule has 0 fully saturated rings. The van der Waals surface area contributed by atoms with E-state index in [4.69, 9.17) is 10.5 Å². The van der Waals surface area contributed by atoms with E-state index in [-0.39, 0.29) is 30.2 Å². The SMILES string of the molecule is COCC(O)CCNS(=O)(=O)c1c(N)ccc(C)c1C. The van der Waals surface area contributed by atoms with Gasteiger partial charge in [-0.3, -0.25) is 0 Å². The number of nitrogen functional groups attached to an aromatic ring is 1. The monoisotopic (exact) mass is 302 g/mol. The number of benzene rings is 1. The van der Waals surface area contributed by atoms with Gasteiger partial charge in [0.25, 0.3) is 0 Å². The zero-order valence-corrected chi connectivity index (χ0v) is 12.8. The summed E-state index contributed by atoms with van der Waals surface area (Å²) in [4.78, 5) is 0.110. The predicted octanol–water partition coefficient (Wildman–Crippen LogP) is 0.561. The molecule has 0 aliphatic rings. The zero-order valence-electron chi connectivity index (χ0n) is 12.0. The van der Waals surface area contributed by atoms with Crippen molar-refractivity contribution in [2.75, 3.05) is 26.0 Å². The Morgan fingerprint density at radius 3 is 2.65 bits per heavy atom. The number of aliphatic hydroxyl groups excluding tert-OH is 1. The van der Waals surface area contributed by atoms with E-state index in [1.165, 1.54) is 7.11 Å². The van der Waals surface area contributed by atoms with Crippen LogP contribution >= 0.6 is 0 Å². The van der Waals surface area contributed by atoms with Crippen LogP contribution in [0.15, 0.2) is 17.0 Å². The summed E-state index contributed by atoms with van der Waals surface area (Å²) in [5.74, 6) is 0. The van der Waals surface area contributed by atoms with Crippen LogP contribution in [0, 0.1) is 13.8 Å². The lowest BCUT2D eigenvalue weighted by molar-refractivity contribution is 0.0603. The summed E-state index contributed by atoms with van der Waals surface area (Å²) in [6, 6.07) is 3.36. The fraction of sp³-hybridized carbons (Fsp3) is 0.538. The highest BCUT2D eigenvalue weighted by Gasteiger charge is 2.21. The van der Waals surface area contributed by atoms with E-state index < -0.39 is 16.1 Å². The molecule has 0 aromatic heterocycles. The van der Waals surface area contributed by atoms with E-state index in [9.17, 15) is 13.5 Å². The number of aryl methyl sites for hydroxylation is 1. The Bertz CT molecular complexity index is 558. The number of hydrogen-bond donors (Lipinski definition) is 3. The van der Waals surface area contributed by atoms with Gasteiger partial charge in [-0.2, -0.15) is 0 Å². The highest BCUT2D eigenvalue weighted by atomic mass is 32.2.